The Labute approximate surface area is 145 Å². The van der Waals surface area contributed by atoms with E-state index in [0.717, 1.165) is 24.1 Å². The lowest BCUT2D eigenvalue weighted by atomic mass is 9.96. The fourth-order valence-corrected chi connectivity index (χ4v) is 2.86. The number of likely N-dealkylation sites (N-methyl/N-ethyl adjacent to an activating group) is 1. The summed E-state index contributed by atoms with van der Waals surface area (Å²) >= 11 is 0. The Morgan fingerprint density at radius 3 is 2.45 bits per heavy atom. The second kappa shape index (κ2) is 9.94. The van der Waals surface area contributed by atoms with Gasteiger partial charge in [0.1, 0.15) is 6.54 Å². The van der Waals surface area contributed by atoms with Crippen molar-refractivity contribution in [3.05, 3.63) is 35.9 Å². The van der Waals surface area contributed by atoms with E-state index >= 15 is 0 Å². The SMILES string of the molecule is C[N+](C)(CCN=C=NC1CCCCC1)Cc1ccccc1.[Br-]. The average Bonchev–Trinajstić information content (AvgIpc) is 2.48. The van der Waals surface area contributed by atoms with E-state index in [1.807, 2.05) is 0 Å². The molecule has 0 spiro atoms. The van der Waals surface area contributed by atoms with E-state index in [2.05, 4.69) is 60.4 Å². The Bertz CT molecular complexity index is 472. The minimum Gasteiger partial charge on any atom is -1.00 e. The molecular weight excluding hydrogens is 338 g/mol. The standard InChI is InChI=1S/C18H28N3.BrH/c1-21(2,15-17-9-5-3-6-10-17)14-13-19-16-20-18-11-7-4-8-12-18;/h3,5-6,9-10,18H,4,7-8,11-15H2,1-2H3;1H/q+1;/p-1. The maximum absolute atomic E-state index is 4.46. The molecular formula is C18H28BrN3. The third-order valence-corrected chi connectivity index (χ3v) is 4.16. The fraction of sp³-hybridized carbons (Fsp3) is 0.611. The van der Waals surface area contributed by atoms with E-state index < -0.39 is 0 Å². The maximum atomic E-state index is 4.46. The molecule has 0 saturated heterocycles. The Balaban J connectivity index is 0.00000242. The summed E-state index contributed by atoms with van der Waals surface area (Å²) in [6, 6.07) is 14.1. The van der Waals surface area contributed by atoms with Crippen molar-refractivity contribution in [2.75, 3.05) is 27.2 Å². The lowest BCUT2D eigenvalue weighted by molar-refractivity contribution is -0.902. The van der Waals surface area contributed by atoms with E-state index in [9.17, 15) is 0 Å². The molecule has 1 saturated carbocycles. The minimum atomic E-state index is 0. The van der Waals surface area contributed by atoms with Crippen LogP contribution in [0, 0.1) is 0 Å². The molecule has 0 unspecified atom stereocenters. The summed E-state index contributed by atoms with van der Waals surface area (Å²) in [5.74, 6) is 0. The zero-order chi connectivity index (χ0) is 15.0. The number of hydrogen-bond donors (Lipinski definition) is 0. The lowest BCUT2D eigenvalue weighted by Crippen LogP contribution is -3.00. The number of hydrogen-bond acceptors (Lipinski definition) is 2. The van der Waals surface area contributed by atoms with E-state index in [1.54, 1.807) is 0 Å². The molecule has 0 amide bonds. The second-order valence-corrected chi connectivity index (χ2v) is 6.71. The van der Waals surface area contributed by atoms with E-state index in [-0.39, 0.29) is 17.0 Å². The van der Waals surface area contributed by atoms with Crippen molar-refractivity contribution in [2.45, 2.75) is 44.7 Å². The predicted octanol–water partition coefficient (Wildman–Crippen LogP) is 0.774. The first-order valence-corrected chi connectivity index (χ1v) is 8.13. The van der Waals surface area contributed by atoms with Crippen LogP contribution in [0.2, 0.25) is 0 Å². The van der Waals surface area contributed by atoms with Crippen molar-refractivity contribution in [1.29, 1.82) is 0 Å². The maximum Gasteiger partial charge on any atom is 0.104 e. The monoisotopic (exact) mass is 365 g/mol. The summed E-state index contributed by atoms with van der Waals surface area (Å²) in [7, 11) is 4.50. The summed E-state index contributed by atoms with van der Waals surface area (Å²) in [6.45, 7) is 2.86. The van der Waals surface area contributed by atoms with Crippen LogP contribution >= 0.6 is 0 Å². The Morgan fingerprint density at radius 2 is 1.77 bits per heavy atom. The van der Waals surface area contributed by atoms with E-state index in [1.165, 1.54) is 37.7 Å². The summed E-state index contributed by atoms with van der Waals surface area (Å²) in [6.07, 6.45) is 6.44. The van der Waals surface area contributed by atoms with Gasteiger partial charge in [0.15, 0.2) is 0 Å². The summed E-state index contributed by atoms with van der Waals surface area (Å²) in [5, 5.41) is 0. The largest absolute Gasteiger partial charge is 1.00 e. The van der Waals surface area contributed by atoms with Gasteiger partial charge < -0.3 is 21.5 Å². The van der Waals surface area contributed by atoms with Crippen LogP contribution in [0.5, 0.6) is 0 Å². The van der Waals surface area contributed by atoms with Gasteiger partial charge in [0.25, 0.3) is 0 Å². The zero-order valence-corrected chi connectivity index (χ0v) is 15.4. The van der Waals surface area contributed by atoms with E-state index in [0.29, 0.717) is 6.04 Å². The molecule has 3 nitrogen and oxygen atoms in total. The number of quaternary nitrogens is 1. The van der Waals surface area contributed by atoms with Crippen LogP contribution in [0.25, 0.3) is 0 Å². The molecule has 0 bridgehead atoms. The molecule has 0 radical (unpaired) electrons. The van der Waals surface area contributed by atoms with Crippen molar-refractivity contribution in [1.82, 2.24) is 0 Å². The molecule has 0 heterocycles. The van der Waals surface area contributed by atoms with E-state index in [4.69, 9.17) is 0 Å². The second-order valence-electron chi connectivity index (χ2n) is 6.71. The normalized spacial score (nSPS) is 15.5. The molecule has 0 atom stereocenters. The van der Waals surface area contributed by atoms with Crippen molar-refractivity contribution < 1.29 is 21.5 Å². The third kappa shape index (κ3) is 7.35. The van der Waals surface area contributed by atoms with Gasteiger partial charge in [0.05, 0.1) is 39.2 Å². The predicted molar refractivity (Wildman–Crippen MR) is 88.7 cm³/mol. The lowest BCUT2D eigenvalue weighted by Gasteiger charge is -2.29. The molecule has 1 aromatic rings. The van der Waals surface area contributed by atoms with Gasteiger partial charge in [-0.05, 0) is 12.8 Å². The Morgan fingerprint density at radius 1 is 1.09 bits per heavy atom. The highest BCUT2D eigenvalue weighted by Crippen LogP contribution is 2.19. The average molecular weight is 366 g/mol. The number of rotatable bonds is 6. The summed E-state index contributed by atoms with van der Waals surface area (Å²) < 4.78 is 0.943. The van der Waals surface area contributed by atoms with Crippen molar-refractivity contribution in [2.24, 2.45) is 9.98 Å². The van der Waals surface area contributed by atoms with Gasteiger partial charge in [0.2, 0.25) is 0 Å². The topological polar surface area (TPSA) is 24.7 Å². The molecule has 0 N–H and O–H groups in total. The minimum absolute atomic E-state index is 0. The number of benzene rings is 1. The van der Waals surface area contributed by atoms with Gasteiger partial charge in [-0.1, -0.05) is 49.6 Å². The van der Waals surface area contributed by atoms with Gasteiger partial charge in [-0.2, -0.15) is 0 Å². The first kappa shape index (κ1) is 19.1. The molecule has 22 heavy (non-hydrogen) atoms. The first-order valence-electron chi connectivity index (χ1n) is 8.13. The molecule has 0 aromatic heterocycles. The van der Waals surface area contributed by atoms with Gasteiger partial charge >= 0.3 is 0 Å². The van der Waals surface area contributed by atoms with Crippen LogP contribution in [0.3, 0.4) is 0 Å². The van der Waals surface area contributed by atoms with Crippen molar-refractivity contribution in [3.63, 3.8) is 0 Å². The number of halogens is 1. The first-order chi connectivity index (χ1) is 10.2. The highest BCUT2D eigenvalue weighted by molar-refractivity contribution is 5.41. The molecule has 1 aliphatic carbocycles. The molecule has 0 aliphatic heterocycles. The molecule has 4 heteroatoms. The smallest absolute Gasteiger partial charge is 0.104 e. The van der Waals surface area contributed by atoms with Gasteiger partial charge in [-0.15, -0.1) is 0 Å². The van der Waals surface area contributed by atoms with Crippen LogP contribution < -0.4 is 17.0 Å². The molecule has 122 valence electrons. The third-order valence-electron chi connectivity index (χ3n) is 4.16. The number of nitrogens with zero attached hydrogens (tertiary/aromatic N) is 3. The summed E-state index contributed by atoms with van der Waals surface area (Å²) in [4.78, 5) is 8.82. The fourth-order valence-electron chi connectivity index (χ4n) is 2.86. The van der Waals surface area contributed by atoms with Crippen LogP contribution in [0.15, 0.2) is 40.3 Å². The van der Waals surface area contributed by atoms with Crippen molar-refractivity contribution in [3.8, 4) is 0 Å². The quantitative estimate of drug-likeness (QED) is 0.525. The van der Waals surface area contributed by atoms with Crippen LogP contribution in [0.1, 0.15) is 37.7 Å². The molecule has 1 fully saturated rings. The molecule has 1 aromatic carbocycles. The highest BCUT2D eigenvalue weighted by atomic mass is 79.9. The zero-order valence-electron chi connectivity index (χ0n) is 13.8. The Hall–Kier alpha value is -0.960. The van der Waals surface area contributed by atoms with Crippen LogP contribution in [-0.4, -0.2) is 43.7 Å². The van der Waals surface area contributed by atoms with Crippen LogP contribution in [0.4, 0.5) is 0 Å². The summed E-state index contributed by atoms with van der Waals surface area (Å²) in [5.41, 5.74) is 1.38. The van der Waals surface area contributed by atoms with Gasteiger partial charge in [0, 0.05) is 5.56 Å². The van der Waals surface area contributed by atoms with Gasteiger partial charge in [-0.25, -0.2) is 9.98 Å². The van der Waals surface area contributed by atoms with Gasteiger partial charge in [-0.3, -0.25) is 0 Å². The number of aliphatic imine (C=N–C) groups is 2. The molecule has 1 aliphatic rings. The Kier molecular flexibility index (Phi) is 8.62. The van der Waals surface area contributed by atoms with Crippen LogP contribution in [-0.2, 0) is 6.54 Å². The van der Waals surface area contributed by atoms with Crippen molar-refractivity contribution >= 4 is 6.01 Å². The highest BCUT2D eigenvalue weighted by Gasteiger charge is 2.15. The molecule has 2 rings (SSSR count).